The van der Waals surface area contributed by atoms with Gasteiger partial charge < -0.3 is 10.1 Å². The number of halogens is 1. The van der Waals surface area contributed by atoms with E-state index in [9.17, 15) is 9.90 Å². The number of fused-ring (bicyclic) bond motifs is 1. The summed E-state index contributed by atoms with van der Waals surface area (Å²) in [4.78, 5) is 14.3. The molecule has 0 radical (unpaired) electrons. The van der Waals surface area contributed by atoms with E-state index in [1.165, 1.54) is 4.52 Å². The fourth-order valence-electron chi connectivity index (χ4n) is 1.50. The molecule has 0 amide bonds. The van der Waals surface area contributed by atoms with Gasteiger partial charge in [0.05, 0.1) is 14.8 Å². The van der Waals surface area contributed by atoms with Gasteiger partial charge in [0, 0.05) is 0 Å². The molecule has 0 spiro atoms. The Labute approximate surface area is 99.3 Å². The second-order valence-electron chi connectivity index (χ2n) is 3.27. The van der Waals surface area contributed by atoms with E-state index in [1.807, 2.05) is 13.8 Å². The molecule has 0 aliphatic rings. The number of hydrogen-bond donors (Lipinski definition) is 2. The summed E-state index contributed by atoms with van der Waals surface area (Å²) in [5.41, 5.74) is 1.45. The van der Waals surface area contributed by atoms with Gasteiger partial charge in [-0.1, -0.05) is 6.92 Å². The van der Waals surface area contributed by atoms with E-state index in [2.05, 4.69) is 32.7 Å². The average Bonchev–Trinajstić information content (AvgIpc) is 2.46. The zero-order chi connectivity index (χ0) is 11.2. The summed E-state index contributed by atoms with van der Waals surface area (Å²) in [5.74, 6) is -0.0673. The standard InChI is InChI=1S/C9H10IN3O2/c1-3-5-8(14)11-7-6(10)4(2)12-13(7)9(5)15/h15H,3H2,1-2H3,(H,11,14). The highest BCUT2D eigenvalue weighted by atomic mass is 127. The Morgan fingerprint density at radius 1 is 1.60 bits per heavy atom. The molecule has 2 N–H and O–H groups in total. The van der Waals surface area contributed by atoms with Crippen LogP contribution in [0.1, 0.15) is 18.2 Å². The first-order valence-corrected chi connectivity index (χ1v) is 5.63. The van der Waals surface area contributed by atoms with E-state index in [-0.39, 0.29) is 11.4 Å². The van der Waals surface area contributed by atoms with Crippen LogP contribution in [0.15, 0.2) is 4.79 Å². The number of nitrogens with zero attached hydrogens (tertiary/aromatic N) is 2. The molecule has 2 rings (SSSR count). The van der Waals surface area contributed by atoms with Crippen molar-refractivity contribution in [1.29, 1.82) is 0 Å². The summed E-state index contributed by atoms with van der Waals surface area (Å²) in [6, 6.07) is 0. The summed E-state index contributed by atoms with van der Waals surface area (Å²) in [6.07, 6.45) is 0.479. The van der Waals surface area contributed by atoms with Gasteiger partial charge in [-0.05, 0) is 35.9 Å². The largest absolute Gasteiger partial charge is 0.493 e. The Morgan fingerprint density at radius 3 is 2.87 bits per heavy atom. The van der Waals surface area contributed by atoms with Crippen molar-refractivity contribution >= 4 is 28.2 Å². The molecule has 0 fully saturated rings. The van der Waals surface area contributed by atoms with Crippen LogP contribution in [0.3, 0.4) is 0 Å². The number of aromatic nitrogens is 3. The molecule has 0 aliphatic carbocycles. The Hall–Kier alpha value is -1.05. The smallest absolute Gasteiger partial charge is 0.258 e. The first-order valence-electron chi connectivity index (χ1n) is 4.55. The lowest BCUT2D eigenvalue weighted by molar-refractivity contribution is 0.426. The van der Waals surface area contributed by atoms with Gasteiger partial charge in [-0.3, -0.25) is 4.79 Å². The van der Waals surface area contributed by atoms with Crippen molar-refractivity contribution in [3.05, 3.63) is 25.2 Å². The molecule has 2 aromatic rings. The highest BCUT2D eigenvalue weighted by Crippen LogP contribution is 2.20. The van der Waals surface area contributed by atoms with Crippen molar-refractivity contribution in [2.75, 3.05) is 0 Å². The van der Waals surface area contributed by atoms with Crippen molar-refractivity contribution in [3.8, 4) is 5.88 Å². The predicted molar refractivity (Wildman–Crippen MR) is 64.3 cm³/mol. The van der Waals surface area contributed by atoms with E-state index in [0.29, 0.717) is 17.6 Å². The van der Waals surface area contributed by atoms with Crippen LogP contribution >= 0.6 is 22.6 Å². The molecule has 5 nitrogen and oxygen atoms in total. The topological polar surface area (TPSA) is 70.4 Å². The van der Waals surface area contributed by atoms with E-state index in [0.717, 1.165) is 9.26 Å². The molecule has 0 aromatic carbocycles. The van der Waals surface area contributed by atoms with E-state index in [4.69, 9.17) is 0 Å². The van der Waals surface area contributed by atoms with Gasteiger partial charge in [-0.15, -0.1) is 0 Å². The fraction of sp³-hybridized carbons (Fsp3) is 0.333. The molecular formula is C9H10IN3O2. The summed E-state index contributed by atoms with van der Waals surface area (Å²) in [6.45, 7) is 3.65. The first kappa shape index (κ1) is 10.5. The quantitative estimate of drug-likeness (QED) is 0.776. The van der Waals surface area contributed by atoms with Crippen molar-refractivity contribution in [3.63, 3.8) is 0 Å². The molecule has 80 valence electrons. The van der Waals surface area contributed by atoms with Gasteiger partial charge in [0.15, 0.2) is 5.65 Å². The number of rotatable bonds is 1. The molecule has 0 unspecified atom stereocenters. The third-order valence-electron chi connectivity index (χ3n) is 2.32. The first-order chi connectivity index (χ1) is 7.06. The number of aromatic hydroxyl groups is 1. The Bertz CT molecular complexity index is 585. The van der Waals surface area contributed by atoms with Crippen LogP contribution in [0.5, 0.6) is 5.88 Å². The van der Waals surface area contributed by atoms with Crippen LogP contribution < -0.4 is 5.56 Å². The lowest BCUT2D eigenvalue weighted by Crippen LogP contribution is -2.15. The lowest BCUT2D eigenvalue weighted by atomic mass is 10.2. The fourth-order valence-corrected chi connectivity index (χ4v) is 1.97. The highest BCUT2D eigenvalue weighted by molar-refractivity contribution is 14.1. The lowest BCUT2D eigenvalue weighted by Gasteiger charge is -2.02. The molecule has 0 bridgehead atoms. The van der Waals surface area contributed by atoms with Gasteiger partial charge in [-0.25, -0.2) is 0 Å². The van der Waals surface area contributed by atoms with Crippen LogP contribution in [-0.2, 0) is 6.42 Å². The zero-order valence-corrected chi connectivity index (χ0v) is 10.5. The number of aryl methyl sites for hydroxylation is 1. The molecule has 2 aromatic heterocycles. The monoisotopic (exact) mass is 319 g/mol. The van der Waals surface area contributed by atoms with Gasteiger partial charge in [-0.2, -0.15) is 9.61 Å². The Morgan fingerprint density at radius 2 is 2.27 bits per heavy atom. The van der Waals surface area contributed by atoms with Crippen LogP contribution in [0, 0.1) is 10.5 Å². The van der Waals surface area contributed by atoms with E-state index >= 15 is 0 Å². The van der Waals surface area contributed by atoms with Crippen LogP contribution in [0.25, 0.3) is 5.65 Å². The summed E-state index contributed by atoms with van der Waals surface area (Å²) in [5, 5.41) is 14.0. The number of aromatic amines is 1. The van der Waals surface area contributed by atoms with Gasteiger partial charge >= 0.3 is 0 Å². The summed E-state index contributed by atoms with van der Waals surface area (Å²) in [7, 11) is 0. The second-order valence-corrected chi connectivity index (χ2v) is 4.35. The minimum Gasteiger partial charge on any atom is -0.493 e. The van der Waals surface area contributed by atoms with Gasteiger partial charge in [0.2, 0.25) is 5.88 Å². The molecule has 6 heteroatoms. The Kier molecular flexibility index (Phi) is 2.45. The van der Waals surface area contributed by atoms with Gasteiger partial charge in [0.1, 0.15) is 0 Å². The third-order valence-corrected chi connectivity index (χ3v) is 3.61. The molecule has 0 aliphatic heterocycles. The maximum atomic E-state index is 11.6. The number of H-pyrrole nitrogens is 1. The highest BCUT2D eigenvalue weighted by Gasteiger charge is 2.15. The van der Waals surface area contributed by atoms with Crippen molar-refractivity contribution in [2.24, 2.45) is 0 Å². The SMILES string of the molecule is CCc1c(O)n2nc(C)c(I)c2[nH]c1=O. The molecule has 0 saturated carbocycles. The summed E-state index contributed by atoms with van der Waals surface area (Å²) >= 11 is 2.09. The third kappa shape index (κ3) is 1.43. The zero-order valence-electron chi connectivity index (χ0n) is 8.33. The molecule has 2 heterocycles. The van der Waals surface area contributed by atoms with Crippen LogP contribution in [0.4, 0.5) is 0 Å². The minimum atomic E-state index is -0.250. The van der Waals surface area contributed by atoms with Crippen molar-refractivity contribution in [2.45, 2.75) is 20.3 Å². The maximum Gasteiger partial charge on any atom is 0.258 e. The maximum absolute atomic E-state index is 11.6. The molecule has 0 atom stereocenters. The van der Waals surface area contributed by atoms with Gasteiger partial charge in [0.25, 0.3) is 5.56 Å². The van der Waals surface area contributed by atoms with Crippen molar-refractivity contribution < 1.29 is 5.11 Å². The number of nitrogens with one attached hydrogen (secondary N) is 1. The summed E-state index contributed by atoms with van der Waals surface area (Å²) < 4.78 is 2.22. The second kappa shape index (κ2) is 3.51. The Balaban J connectivity index is 2.97. The van der Waals surface area contributed by atoms with Crippen molar-refractivity contribution in [1.82, 2.24) is 14.6 Å². The average molecular weight is 319 g/mol. The molecular weight excluding hydrogens is 309 g/mol. The van der Waals surface area contributed by atoms with E-state index < -0.39 is 0 Å². The molecule has 0 saturated heterocycles. The predicted octanol–water partition coefficient (Wildman–Crippen LogP) is 1.20. The molecule has 15 heavy (non-hydrogen) atoms. The number of hydrogen-bond acceptors (Lipinski definition) is 3. The normalized spacial score (nSPS) is 11.1. The van der Waals surface area contributed by atoms with Crippen LogP contribution in [-0.4, -0.2) is 19.7 Å². The van der Waals surface area contributed by atoms with E-state index in [1.54, 1.807) is 0 Å². The minimum absolute atomic E-state index is 0.0673. The van der Waals surface area contributed by atoms with Crippen LogP contribution in [0.2, 0.25) is 0 Å².